The van der Waals surface area contributed by atoms with Gasteiger partial charge in [0, 0.05) is 29.8 Å². The molecule has 1 fully saturated rings. The number of nitro groups is 1. The highest BCUT2D eigenvalue weighted by Gasteiger charge is 2.44. The predicted molar refractivity (Wildman–Crippen MR) is 94.6 cm³/mol. The number of aliphatic hydroxyl groups excluding tert-OH is 1. The second-order valence-electron chi connectivity index (χ2n) is 5.77. The zero-order valence-corrected chi connectivity index (χ0v) is 14.3. The summed E-state index contributed by atoms with van der Waals surface area (Å²) in [5, 5.41) is 21.9. The molecule has 0 aliphatic carbocycles. The van der Waals surface area contributed by atoms with Crippen molar-refractivity contribution >= 4 is 34.7 Å². The SMILES string of the molecule is CN1C(=O)C(=O)C(=C(O)c2ccc(Cl)cc2)[C@H]1c1ccc([N+](=O)[O-])cc1. The van der Waals surface area contributed by atoms with Gasteiger partial charge in [0.1, 0.15) is 5.76 Å². The van der Waals surface area contributed by atoms with Gasteiger partial charge in [0.15, 0.2) is 0 Å². The van der Waals surface area contributed by atoms with E-state index in [-0.39, 0.29) is 17.0 Å². The number of benzene rings is 2. The van der Waals surface area contributed by atoms with Crippen LogP contribution in [0.5, 0.6) is 0 Å². The maximum absolute atomic E-state index is 12.4. The van der Waals surface area contributed by atoms with E-state index in [2.05, 4.69) is 0 Å². The Hall–Kier alpha value is -3.19. The quantitative estimate of drug-likeness (QED) is 0.293. The largest absolute Gasteiger partial charge is 0.507 e. The smallest absolute Gasteiger partial charge is 0.295 e. The molecule has 1 heterocycles. The Labute approximate surface area is 153 Å². The zero-order chi connectivity index (χ0) is 19.0. The van der Waals surface area contributed by atoms with Crippen LogP contribution in [-0.4, -0.2) is 33.7 Å². The molecule has 0 saturated carbocycles. The molecule has 0 unspecified atom stereocenters. The van der Waals surface area contributed by atoms with Crippen LogP contribution in [0.3, 0.4) is 0 Å². The lowest BCUT2D eigenvalue weighted by Gasteiger charge is -2.20. The van der Waals surface area contributed by atoms with E-state index in [9.17, 15) is 24.8 Å². The van der Waals surface area contributed by atoms with Crippen molar-refractivity contribution in [2.24, 2.45) is 0 Å². The van der Waals surface area contributed by atoms with Crippen LogP contribution in [0, 0.1) is 10.1 Å². The van der Waals surface area contributed by atoms with Crippen molar-refractivity contribution in [2.75, 3.05) is 7.05 Å². The van der Waals surface area contributed by atoms with Crippen LogP contribution in [-0.2, 0) is 9.59 Å². The first-order chi connectivity index (χ1) is 12.3. The van der Waals surface area contributed by atoms with E-state index in [1.807, 2.05) is 0 Å². The molecule has 3 rings (SSSR count). The lowest BCUT2D eigenvalue weighted by molar-refractivity contribution is -0.384. The zero-order valence-electron chi connectivity index (χ0n) is 13.5. The Morgan fingerprint density at radius 1 is 1.12 bits per heavy atom. The van der Waals surface area contributed by atoms with Gasteiger partial charge in [-0.2, -0.15) is 0 Å². The molecule has 0 aromatic heterocycles. The first kappa shape index (κ1) is 17.6. The van der Waals surface area contributed by atoms with Crippen molar-refractivity contribution in [1.82, 2.24) is 4.90 Å². The number of likely N-dealkylation sites (N-methyl/N-ethyl adjacent to an activating group) is 1. The minimum atomic E-state index is -0.841. The molecule has 2 aromatic rings. The van der Waals surface area contributed by atoms with Crippen molar-refractivity contribution in [1.29, 1.82) is 0 Å². The van der Waals surface area contributed by atoms with Gasteiger partial charge in [-0.05, 0) is 42.0 Å². The number of nitrogens with zero attached hydrogens (tertiary/aromatic N) is 2. The predicted octanol–water partition coefficient (Wildman–Crippen LogP) is 3.30. The fraction of sp³-hybridized carbons (Fsp3) is 0.111. The second-order valence-corrected chi connectivity index (χ2v) is 6.20. The van der Waals surface area contributed by atoms with Gasteiger partial charge in [-0.1, -0.05) is 11.6 Å². The molecule has 1 atom stereocenters. The van der Waals surface area contributed by atoms with Gasteiger partial charge in [-0.25, -0.2) is 0 Å². The number of hydrogen-bond donors (Lipinski definition) is 1. The van der Waals surface area contributed by atoms with Crippen LogP contribution in [0.2, 0.25) is 5.02 Å². The summed E-state index contributed by atoms with van der Waals surface area (Å²) in [6.07, 6.45) is 0. The first-order valence-corrected chi connectivity index (χ1v) is 7.94. The first-order valence-electron chi connectivity index (χ1n) is 7.56. The Morgan fingerprint density at radius 3 is 2.23 bits per heavy atom. The number of carbonyl (C=O) groups is 2. The Kier molecular flexibility index (Phi) is 4.48. The lowest BCUT2D eigenvalue weighted by Crippen LogP contribution is -2.24. The molecule has 1 aliphatic rings. The van der Waals surface area contributed by atoms with Gasteiger partial charge in [0.2, 0.25) is 0 Å². The molecule has 2 aromatic carbocycles. The summed E-state index contributed by atoms with van der Waals surface area (Å²) in [6, 6.07) is 10.8. The van der Waals surface area contributed by atoms with E-state index < -0.39 is 22.7 Å². The van der Waals surface area contributed by atoms with Crippen molar-refractivity contribution in [3.05, 3.63) is 80.4 Å². The summed E-state index contributed by atoms with van der Waals surface area (Å²) in [6.45, 7) is 0. The number of amides is 1. The highest BCUT2D eigenvalue weighted by Crippen LogP contribution is 2.38. The number of aliphatic hydroxyl groups is 1. The van der Waals surface area contributed by atoms with E-state index in [1.54, 1.807) is 12.1 Å². The molecule has 0 bridgehead atoms. The Bertz CT molecular complexity index is 935. The van der Waals surface area contributed by atoms with E-state index in [4.69, 9.17) is 11.6 Å². The van der Waals surface area contributed by atoms with Crippen molar-refractivity contribution in [3.8, 4) is 0 Å². The molecule has 0 radical (unpaired) electrons. The van der Waals surface area contributed by atoms with E-state index in [0.29, 0.717) is 16.1 Å². The third-order valence-electron chi connectivity index (χ3n) is 4.21. The van der Waals surface area contributed by atoms with E-state index in [0.717, 1.165) is 0 Å². The third-order valence-corrected chi connectivity index (χ3v) is 4.46. The summed E-state index contributed by atoms with van der Waals surface area (Å²) in [5.74, 6) is -1.90. The van der Waals surface area contributed by atoms with Crippen LogP contribution in [0.25, 0.3) is 5.76 Å². The maximum atomic E-state index is 12.4. The number of carbonyl (C=O) groups excluding carboxylic acids is 2. The summed E-state index contributed by atoms with van der Waals surface area (Å²) in [5.41, 5.74) is 0.633. The molecule has 0 spiro atoms. The fourth-order valence-electron chi connectivity index (χ4n) is 2.88. The molecular weight excluding hydrogens is 360 g/mol. The molecule has 1 saturated heterocycles. The number of hydrogen-bond acceptors (Lipinski definition) is 5. The number of non-ortho nitro benzene ring substituents is 1. The molecule has 26 heavy (non-hydrogen) atoms. The molecule has 1 aliphatic heterocycles. The van der Waals surface area contributed by atoms with Crippen LogP contribution >= 0.6 is 11.6 Å². The summed E-state index contributed by atoms with van der Waals surface area (Å²) >= 11 is 5.83. The lowest BCUT2D eigenvalue weighted by atomic mass is 9.95. The topological polar surface area (TPSA) is 101 Å². The minimum absolute atomic E-state index is 0.0753. The molecule has 132 valence electrons. The van der Waals surface area contributed by atoms with E-state index in [1.165, 1.54) is 48.3 Å². The number of rotatable bonds is 3. The number of likely N-dealkylation sites (tertiary alicyclic amines) is 1. The number of ketones is 1. The van der Waals surface area contributed by atoms with Gasteiger partial charge >= 0.3 is 0 Å². The maximum Gasteiger partial charge on any atom is 0.295 e. The molecule has 7 nitrogen and oxygen atoms in total. The van der Waals surface area contributed by atoms with Crippen LogP contribution in [0.4, 0.5) is 5.69 Å². The molecule has 1 amide bonds. The highest BCUT2D eigenvalue weighted by atomic mass is 35.5. The number of nitro benzene ring substituents is 1. The van der Waals surface area contributed by atoms with Crippen LogP contribution < -0.4 is 0 Å². The number of halogens is 1. The highest BCUT2D eigenvalue weighted by molar-refractivity contribution is 6.46. The normalized spacial score (nSPS) is 19.0. The summed E-state index contributed by atoms with van der Waals surface area (Å²) in [7, 11) is 1.44. The fourth-order valence-corrected chi connectivity index (χ4v) is 3.01. The molecular formula is C18H13ClN2O5. The Balaban J connectivity index is 2.13. The van der Waals surface area contributed by atoms with Crippen LogP contribution in [0.1, 0.15) is 17.2 Å². The monoisotopic (exact) mass is 372 g/mol. The average molecular weight is 373 g/mol. The van der Waals surface area contributed by atoms with Gasteiger partial charge < -0.3 is 10.0 Å². The van der Waals surface area contributed by atoms with Gasteiger partial charge in [0.05, 0.1) is 16.5 Å². The Morgan fingerprint density at radius 2 is 1.69 bits per heavy atom. The van der Waals surface area contributed by atoms with Crippen LogP contribution in [0.15, 0.2) is 54.1 Å². The second kappa shape index (κ2) is 6.61. The van der Waals surface area contributed by atoms with Crippen molar-refractivity contribution < 1.29 is 19.6 Å². The van der Waals surface area contributed by atoms with E-state index >= 15 is 0 Å². The van der Waals surface area contributed by atoms with Gasteiger partial charge in [0.25, 0.3) is 17.4 Å². The van der Waals surface area contributed by atoms with Crippen molar-refractivity contribution in [2.45, 2.75) is 6.04 Å². The minimum Gasteiger partial charge on any atom is -0.507 e. The molecule has 1 N–H and O–H groups in total. The van der Waals surface area contributed by atoms with Crippen molar-refractivity contribution in [3.63, 3.8) is 0 Å². The van der Waals surface area contributed by atoms with Gasteiger partial charge in [-0.3, -0.25) is 19.7 Å². The number of Topliss-reactive ketones (excluding diaryl/α,β-unsaturated/α-hetero) is 1. The third kappa shape index (κ3) is 2.93. The summed E-state index contributed by atoms with van der Waals surface area (Å²) < 4.78 is 0. The van der Waals surface area contributed by atoms with Gasteiger partial charge in [-0.15, -0.1) is 0 Å². The molecule has 8 heteroatoms. The average Bonchev–Trinajstić information content (AvgIpc) is 2.86. The standard InChI is InChI=1S/C18H13ClN2O5/c1-20-15(10-4-8-13(9-5-10)21(25)26)14(17(23)18(20)24)16(22)11-2-6-12(19)7-3-11/h2-9,15,22H,1H3/t15-/m1/s1. The summed E-state index contributed by atoms with van der Waals surface area (Å²) in [4.78, 5) is 36.1.